The molecule has 3 rings (SSSR count). The fourth-order valence-electron chi connectivity index (χ4n) is 4.24. The summed E-state index contributed by atoms with van der Waals surface area (Å²) in [5.74, 6) is -2.76. The van der Waals surface area contributed by atoms with Gasteiger partial charge in [0.15, 0.2) is 11.5 Å². The maximum absolute atomic E-state index is 14.4. The normalized spacial score (nSPS) is 23.1. The predicted octanol–water partition coefficient (Wildman–Crippen LogP) is 3.33. The SMILES string of the molecule is CCOC(=O)[C@@]1(Cc2ccc(F)cc2F)CCCN(C(=O)C2=CC(=O)CC(C)(C)O2)C1. The summed E-state index contributed by atoms with van der Waals surface area (Å²) in [5, 5.41) is 0. The van der Waals surface area contributed by atoms with E-state index in [1.165, 1.54) is 17.0 Å². The van der Waals surface area contributed by atoms with Crippen molar-refractivity contribution in [3.63, 3.8) is 0 Å². The molecular weight excluding hydrogens is 408 g/mol. The van der Waals surface area contributed by atoms with Crippen LogP contribution >= 0.6 is 0 Å². The van der Waals surface area contributed by atoms with Gasteiger partial charge in [-0.15, -0.1) is 0 Å². The van der Waals surface area contributed by atoms with Crippen molar-refractivity contribution in [2.75, 3.05) is 19.7 Å². The molecule has 0 N–H and O–H groups in total. The molecule has 6 nitrogen and oxygen atoms in total. The number of hydrogen-bond acceptors (Lipinski definition) is 5. The molecule has 2 aliphatic heterocycles. The Morgan fingerprint density at radius 3 is 2.65 bits per heavy atom. The summed E-state index contributed by atoms with van der Waals surface area (Å²) in [6, 6.07) is 3.21. The van der Waals surface area contributed by atoms with Crippen LogP contribution in [0.1, 0.15) is 45.6 Å². The predicted molar refractivity (Wildman–Crippen MR) is 108 cm³/mol. The standard InChI is InChI=1S/C23H27F2NO5/c1-4-30-21(29)23(12-15-6-7-16(24)10-18(15)25)8-5-9-26(14-23)20(28)19-11-17(27)13-22(2,3)31-19/h6-7,10-11H,4-5,8-9,12-14H2,1-3H3/t23-/m1/s1. The van der Waals surface area contributed by atoms with E-state index in [1.54, 1.807) is 20.8 Å². The average Bonchev–Trinajstić information content (AvgIpc) is 2.68. The van der Waals surface area contributed by atoms with Crippen LogP contribution in [0.2, 0.25) is 0 Å². The van der Waals surface area contributed by atoms with Crippen LogP contribution in [-0.2, 0) is 30.3 Å². The van der Waals surface area contributed by atoms with Gasteiger partial charge in [0.2, 0.25) is 0 Å². The van der Waals surface area contributed by atoms with Crippen molar-refractivity contribution in [2.45, 2.75) is 52.1 Å². The number of carbonyl (C=O) groups excluding carboxylic acids is 3. The largest absolute Gasteiger partial charge is 0.481 e. The zero-order chi connectivity index (χ0) is 22.8. The third-order valence-electron chi connectivity index (χ3n) is 5.61. The summed E-state index contributed by atoms with van der Waals surface area (Å²) in [4.78, 5) is 39.5. The van der Waals surface area contributed by atoms with E-state index in [0.29, 0.717) is 19.4 Å². The van der Waals surface area contributed by atoms with Gasteiger partial charge in [0.25, 0.3) is 5.91 Å². The molecule has 1 saturated heterocycles. The van der Waals surface area contributed by atoms with Gasteiger partial charge >= 0.3 is 5.97 Å². The molecule has 0 bridgehead atoms. The van der Waals surface area contributed by atoms with E-state index in [2.05, 4.69) is 0 Å². The number of ketones is 1. The quantitative estimate of drug-likeness (QED) is 0.664. The van der Waals surface area contributed by atoms with Crippen LogP contribution in [-0.4, -0.2) is 47.9 Å². The number of halogens is 2. The van der Waals surface area contributed by atoms with Crippen molar-refractivity contribution in [1.29, 1.82) is 0 Å². The fourth-order valence-corrected chi connectivity index (χ4v) is 4.24. The topological polar surface area (TPSA) is 72.9 Å². The molecule has 0 spiro atoms. The molecule has 0 saturated carbocycles. The Balaban J connectivity index is 1.89. The van der Waals surface area contributed by atoms with Crippen LogP contribution in [0.4, 0.5) is 8.78 Å². The minimum absolute atomic E-state index is 0.0171. The molecule has 1 aromatic rings. The summed E-state index contributed by atoms with van der Waals surface area (Å²) in [6.45, 7) is 5.60. The summed E-state index contributed by atoms with van der Waals surface area (Å²) < 4.78 is 38.7. The minimum Gasteiger partial charge on any atom is -0.481 e. The van der Waals surface area contributed by atoms with Gasteiger partial charge in [-0.3, -0.25) is 14.4 Å². The molecule has 168 valence electrons. The van der Waals surface area contributed by atoms with Gasteiger partial charge < -0.3 is 14.4 Å². The second-order valence-corrected chi connectivity index (χ2v) is 8.76. The molecule has 1 aromatic carbocycles. The first-order valence-corrected chi connectivity index (χ1v) is 10.4. The monoisotopic (exact) mass is 435 g/mol. The van der Waals surface area contributed by atoms with Gasteiger partial charge in [-0.25, -0.2) is 8.78 Å². The average molecular weight is 435 g/mol. The van der Waals surface area contributed by atoms with Crippen LogP contribution in [0.5, 0.6) is 0 Å². The molecule has 2 aliphatic rings. The van der Waals surface area contributed by atoms with E-state index in [4.69, 9.17) is 9.47 Å². The molecule has 2 heterocycles. The van der Waals surface area contributed by atoms with Crippen molar-refractivity contribution < 1.29 is 32.6 Å². The Kier molecular flexibility index (Phi) is 6.48. The highest BCUT2D eigenvalue weighted by Crippen LogP contribution is 2.37. The maximum atomic E-state index is 14.4. The third kappa shape index (κ3) is 5.11. The Morgan fingerprint density at radius 1 is 1.26 bits per heavy atom. The second-order valence-electron chi connectivity index (χ2n) is 8.76. The summed E-state index contributed by atoms with van der Waals surface area (Å²) in [5.41, 5.74) is -1.81. The number of carbonyl (C=O) groups is 3. The zero-order valence-corrected chi connectivity index (χ0v) is 18.0. The van der Waals surface area contributed by atoms with Crippen LogP contribution < -0.4 is 0 Å². The first kappa shape index (κ1) is 22.9. The molecule has 1 atom stereocenters. The number of nitrogens with zero attached hydrogens (tertiary/aromatic N) is 1. The van der Waals surface area contributed by atoms with Crippen molar-refractivity contribution >= 4 is 17.7 Å². The van der Waals surface area contributed by atoms with Crippen LogP contribution in [0.3, 0.4) is 0 Å². The van der Waals surface area contributed by atoms with Crippen LogP contribution in [0.25, 0.3) is 0 Å². The van der Waals surface area contributed by atoms with E-state index >= 15 is 0 Å². The van der Waals surface area contributed by atoms with E-state index in [-0.39, 0.29) is 43.1 Å². The van der Waals surface area contributed by atoms with Gasteiger partial charge in [-0.2, -0.15) is 0 Å². The first-order valence-electron chi connectivity index (χ1n) is 10.4. The lowest BCUT2D eigenvalue weighted by Gasteiger charge is -2.42. The van der Waals surface area contributed by atoms with E-state index in [0.717, 1.165) is 12.1 Å². The van der Waals surface area contributed by atoms with Crippen LogP contribution in [0.15, 0.2) is 30.0 Å². The summed E-state index contributed by atoms with van der Waals surface area (Å²) >= 11 is 0. The Bertz CT molecular complexity index is 927. The summed E-state index contributed by atoms with van der Waals surface area (Å²) in [6.07, 6.45) is 2.19. The Labute approximate surface area is 180 Å². The number of ether oxygens (including phenoxy) is 2. The fraction of sp³-hybridized carbons (Fsp3) is 0.522. The second kappa shape index (κ2) is 8.77. The molecule has 1 fully saturated rings. The third-order valence-corrected chi connectivity index (χ3v) is 5.61. The zero-order valence-electron chi connectivity index (χ0n) is 18.0. The lowest BCUT2D eigenvalue weighted by Crippen LogP contribution is -2.52. The first-order chi connectivity index (χ1) is 14.5. The number of esters is 1. The summed E-state index contributed by atoms with van der Waals surface area (Å²) in [7, 11) is 0. The molecule has 0 unspecified atom stereocenters. The highest BCUT2D eigenvalue weighted by atomic mass is 19.1. The van der Waals surface area contributed by atoms with Gasteiger partial charge in [-0.05, 0) is 51.7 Å². The van der Waals surface area contributed by atoms with E-state index < -0.39 is 34.5 Å². The molecule has 31 heavy (non-hydrogen) atoms. The Hall–Kier alpha value is -2.77. The van der Waals surface area contributed by atoms with Crippen LogP contribution in [0, 0.1) is 17.0 Å². The number of piperidine rings is 1. The number of benzene rings is 1. The maximum Gasteiger partial charge on any atom is 0.314 e. The van der Waals surface area contributed by atoms with Gasteiger partial charge in [0, 0.05) is 31.7 Å². The number of likely N-dealkylation sites (tertiary alicyclic amines) is 1. The molecule has 1 amide bonds. The lowest BCUT2D eigenvalue weighted by atomic mass is 9.74. The van der Waals surface area contributed by atoms with Crippen molar-refractivity contribution in [1.82, 2.24) is 4.90 Å². The molecule has 0 aliphatic carbocycles. The number of allylic oxidation sites excluding steroid dienone is 1. The Morgan fingerprint density at radius 2 is 2.00 bits per heavy atom. The highest BCUT2D eigenvalue weighted by molar-refractivity contribution is 6.02. The van der Waals surface area contributed by atoms with Gasteiger partial charge in [0.1, 0.15) is 17.2 Å². The van der Waals surface area contributed by atoms with Gasteiger partial charge in [0.05, 0.1) is 12.0 Å². The number of rotatable bonds is 5. The van der Waals surface area contributed by atoms with E-state index in [9.17, 15) is 23.2 Å². The molecule has 0 radical (unpaired) electrons. The van der Waals surface area contributed by atoms with Crippen molar-refractivity contribution in [3.8, 4) is 0 Å². The minimum atomic E-state index is -1.18. The van der Waals surface area contributed by atoms with E-state index in [1.807, 2.05) is 0 Å². The highest BCUT2D eigenvalue weighted by Gasteiger charge is 2.46. The smallest absolute Gasteiger partial charge is 0.314 e. The van der Waals surface area contributed by atoms with Crippen molar-refractivity contribution in [3.05, 3.63) is 47.2 Å². The lowest BCUT2D eigenvalue weighted by molar-refractivity contribution is -0.161. The molecule has 8 heteroatoms. The molecular formula is C23H27F2NO5. The van der Waals surface area contributed by atoms with Gasteiger partial charge in [-0.1, -0.05) is 6.07 Å². The van der Waals surface area contributed by atoms with Crippen molar-refractivity contribution in [2.24, 2.45) is 5.41 Å². The number of amides is 1. The molecule has 0 aromatic heterocycles. The number of hydrogen-bond donors (Lipinski definition) is 0.